The third-order valence-corrected chi connectivity index (χ3v) is 12.0. The average Bonchev–Trinajstić information content (AvgIpc) is 3.28. The number of hydrogen-bond acceptors (Lipinski definition) is 11. The van der Waals surface area contributed by atoms with Gasteiger partial charge >= 0.3 is 0 Å². The highest BCUT2D eigenvalue weighted by Crippen LogP contribution is 2.41. The van der Waals surface area contributed by atoms with Crippen molar-refractivity contribution in [3.8, 4) is 39.8 Å². The summed E-state index contributed by atoms with van der Waals surface area (Å²) in [6.07, 6.45) is -0.406. The van der Waals surface area contributed by atoms with Crippen LogP contribution in [-0.4, -0.2) is 80.0 Å². The molecule has 13 nitrogen and oxygen atoms in total. The Morgan fingerprint density at radius 1 is 0.864 bits per heavy atom. The van der Waals surface area contributed by atoms with Crippen LogP contribution in [-0.2, 0) is 31.0 Å². The molecule has 0 aliphatic carbocycles. The molecule has 352 valence electrons. The summed E-state index contributed by atoms with van der Waals surface area (Å²) < 4.78 is 12.2. The highest BCUT2D eigenvalue weighted by Gasteiger charge is 2.36. The summed E-state index contributed by atoms with van der Waals surface area (Å²) in [6, 6.07) is 23.6. The molecule has 0 fully saturated rings. The molecule has 0 spiro atoms. The van der Waals surface area contributed by atoms with Crippen LogP contribution in [0.5, 0.6) is 11.5 Å². The average molecular weight is 940 g/mol. The van der Waals surface area contributed by atoms with Gasteiger partial charge in [0, 0.05) is 74.3 Å². The minimum atomic E-state index is -1.24. The Hall–Kier alpha value is -5.56. The van der Waals surface area contributed by atoms with Crippen LogP contribution in [0.15, 0.2) is 78.9 Å². The van der Waals surface area contributed by atoms with Crippen molar-refractivity contribution >= 4 is 54.3 Å². The molecule has 2 amide bonds. The van der Waals surface area contributed by atoms with Gasteiger partial charge in [-0.15, -0.1) is 0 Å². The van der Waals surface area contributed by atoms with Crippen LogP contribution in [0.2, 0.25) is 5.02 Å². The lowest BCUT2D eigenvalue weighted by atomic mass is 9.86. The topological polar surface area (TPSA) is 221 Å². The quantitative estimate of drug-likeness (QED) is 0.0789. The summed E-state index contributed by atoms with van der Waals surface area (Å²) in [5, 5.41) is 12.3. The van der Waals surface area contributed by atoms with E-state index in [0.717, 1.165) is 11.1 Å². The van der Waals surface area contributed by atoms with Crippen LogP contribution in [0.3, 0.4) is 0 Å². The highest BCUT2D eigenvalue weighted by atomic mass is 35.5. The van der Waals surface area contributed by atoms with Crippen molar-refractivity contribution in [2.45, 2.75) is 83.7 Å². The lowest BCUT2D eigenvalue weighted by molar-refractivity contribution is -0.142. The van der Waals surface area contributed by atoms with Crippen LogP contribution < -0.4 is 32.0 Å². The summed E-state index contributed by atoms with van der Waals surface area (Å²) in [4.78, 5) is 72.0. The van der Waals surface area contributed by atoms with E-state index in [-0.39, 0.29) is 112 Å². The lowest BCUT2D eigenvalue weighted by Crippen LogP contribution is -2.46. The molecule has 15 heteroatoms. The van der Waals surface area contributed by atoms with E-state index in [0.29, 0.717) is 33.8 Å². The third kappa shape index (κ3) is 13.3. The van der Waals surface area contributed by atoms with Gasteiger partial charge in [-0.3, -0.25) is 24.0 Å². The van der Waals surface area contributed by atoms with Crippen molar-refractivity contribution < 1.29 is 33.4 Å². The first-order valence-electron chi connectivity index (χ1n) is 22.1. The maximum Gasteiger partial charge on any atom is 0.226 e. The summed E-state index contributed by atoms with van der Waals surface area (Å²) in [5.74, 6) is -3.20. The van der Waals surface area contributed by atoms with Gasteiger partial charge in [-0.1, -0.05) is 81.8 Å². The number of carbonyl (C=O) groups is 5. The van der Waals surface area contributed by atoms with Crippen molar-refractivity contribution in [2.24, 2.45) is 29.0 Å². The van der Waals surface area contributed by atoms with Gasteiger partial charge in [0.25, 0.3) is 0 Å². The van der Waals surface area contributed by atoms with Crippen molar-refractivity contribution in [2.75, 3.05) is 39.9 Å². The molecule has 1 aliphatic rings. The molecule has 4 atom stereocenters. The number of nitriles is 1. The number of nitrogens with one attached hydrogen (secondary N) is 1. The zero-order valence-corrected chi connectivity index (χ0v) is 40.2. The molecule has 0 radical (unpaired) electrons. The maximum absolute atomic E-state index is 14.7. The van der Waals surface area contributed by atoms with Gasteiger partial charge in [0.15, 0.2) is 17.3 Å². The first-order valence-corrected chi connectivity index (χ1v) is 22.4. The van der Waals surface area contributed by atoms with Crippen molar-refractivity contribution in [3.05, 3.63) is 106 Å². The standard InChI is InChI=1S/C51H61ClN6O7.H2S/c1-31-25-45(61)48(58(5)50(63)36(18-20-54)30-44(60)38-15-11-34(29-41(38)52)33-9-13-37(14-10-33)51(2,3)4)35-12-17-47(65-24-22-56)40(28-35)39-26-32(8-16-46(39)64-23-21-55)27-42(57-49(31)62)43(59)7-6-19-53;/h8-17,26,28-29,31,36,42,48H,6-7,18,20-25,27,30,54-56H2,1-5H3,(H,57,62);1H2/t31-,36-,42+,48+;/m1./s1. The number of amides is 2. The highest BCUT2D eigenvalue weighted by molar-refractivity contribution is 7.59. The monoisotopic (exact) mass is 938 g/mol. The zero-order chi connectivity index (χ0) is 47.4. The van der Waals surface area contributed by atoms with Crippen molar-refractivity contribution in [3.63, 3.8) is 0 Å². The molecular formula is C51H63ClN6O7S. The number of rotatable bonds is 17. The van der Waals surface area contributed by atoms with E-state index in [2.05, 4.69) is 38.2 Å². The fraction of sp³-hybridized carbons (Fsp3) is 0.412. The summed E-state index contributed by atoms with van der Waals surface area (Å²) >= 11 is 6.77. The van der Waals surface area contributed by atoms with Crippen molar-refractivity contribution in [1.29, 1.82) is 5.26 Å². The summed E-state index contributed by atoms with van der Waals surface area (Å²) in [5.41, 5.74) is 23.1. The molecular weight excluding hydrogens is 876 g/mol. The van der Waals surface area contributed by atoms with Gasteiger partial charge in [0.2, 0.25) is 11.8 Å². The van der Waals surface area contributed by atoms with Gasteiger partial charge in [-0.25, -0.2) is 0 Å². The summed E-state index contributed by atoms with van der Waals surface area (Å²) in [6.45, 7) is 8.86. The Bertz CT molecular complexity index is 2410. The van der Waals surface area contributed by atoms with E-state index < -0.39 is 41.5 Å². The Morgan fingerprint density at radius 3 is 2.08 bits per heavy atom. The molecule has 1 aliphatic heterocycles. The Labute approximate surface area is 400 Å². The first kappa shape index (κ1) is 53.1. The molecule has 1 heterocycles. The Morgan fingerprint density at radius 2 is 1.48 bits per heavy atom. The Balaban J connectivity index is 0.00000952. The van der Waals surface area contributed by atoms with Gasteiger partial charge in [0.1, 0.15) is 30.8 Å². The van der Waals surface area contributed by atoms with E-state index in [1.165, 1.54) is 17.5 Å². The number of fused-ring (bicyclic) bond motifs is 5. The van der Waals surface area contributed by atoms with Crippen LogP contribution >= 0.6 is 25.1 Å². The second-order valence-corrected chi connectivity index (χ2v) is 18.0. The number of benzene rings is 4. The van der Waals surface area contributed by atoms with E-state index in [1.807, 2.05) is 30.3 Å². The minimum absolute atomic E-state index is 0. The molecule has 0 aromatic heterocycles. The third-order valence-electron chi connectivity index (χ3n) is 11.7. The maximum atomic E-state index is 14.7. The number of ketones is 3. The van der Waals surface area contributed by atoms with E-state index in [4.69, 9.17) is 38.3 Å². The number of ether oxygens (including phenoxy) is 2. The molecule has 0 saturated heterocycles. The molecule has 0 unspecified atom stereocenters. The minimum Gasteiger partial charge on any atom is -0.492 e. The predicted molar refractivity (Wildman–Crippen MR) is 263 cm³/mol. The molecule has 5 rings (SSSR count). The predicted octanol–water partition coefficient (Wildman–Crippen LogP) is 7.01. The smallest absolute Gasteiger partial charge is 0.226 e. The molecule has 4 aromatic rings. The van der Waals surface area contributed by atoms with Crippen LogP contribution in [0.1, 0.15) is 92.9 Å². The van der Waals surface area contributed by atoms with Gasteiger partial charge < -0.3 is 36.9 Å². The SMILES string of the molecule is C[C@@H]1CC(=O)[C@@H](N(C)C(=O)[C@H](CCN)CC(=O)c2ccc(-c3ccc(C(C)(C)C)cc3)cc2Cl)c2ccc(OCCN)c(c2)-c2cc(ccc2OCCN)C[C@@H](C(=O)CCC#N)NC1=O.S. The second-order valence-electron chi connectivity index (χ2n) is 17.6. The fourth-order valence-corrected chi connectivity index (χ4v) is 8.34. The van der Waals surface area contributed by atoms with Crippen LogP contribution in [0, 0.1) is 23.2 Å². The summed E-state index contributed by atoms with van der Waals surface area (Å²) in [7, 11) is 1.50. The molecule has 7 N–H and O–H groups in total. The van der Waals surface area contributed by atoms with E-state index >= 15 is 0 Å². The number of likely N-dealkylation sites (N-methyl/N-ethyl adjacent to an activating group) is 1. The number of hydrogen-bond donors (Lipinski definition) is 4. The van der Waals surface area contributed by atoms with E-state index in [9.17, 15) is 29.2 Å². The first-order chi connectivity index (χ1) is 31.0. The van der Waals surface area contributed by atoms with Gasteiger partial charge in [-0.05, 0) is 89.0 Å². The molecule has 66 heavy (non-hydrogen) atoms. The van der Waals surface area contributed by atoms with Gasteiger partial charge in [0.05, 0.1) is 17.1 Å². The largest absolute Gasteiger partial charge is 0.492 e. The number of halogens is 1. The molecule has 4 bridgehead atoms. The number of nitrogens with zero attached hydrogens (tertiary/aromatic N) is 2. The normalized spacial score (nSPS) is 16.7. The van der Waals surface area contributed by atoms with Crippen molar-refractivity contribution in [1.82, 2.24) is 10.2 Å². The number of carbonyl (C=O) groups excluding carboxylic acids is 5. The number of Topliss-reactive ketones (excluding diaryl/α,β-unsaturated/α-hetero) is 3. The van der Waals surface area contributed by atoms with Gasteiger partial charge in [-0.2, -0.15) is 18.8 Å². The zero-order valence-electron chi connectivity index (χ0n) is 38.5. The fourth-order valence-electron chi connectivity index (χ4n) is 8.06. The second kappa shape index (κ2) is 24.3. The lowest BCUT2D eigenvalue weighted by Gasteiger charge is -2.32. The van der Waals surface area contributed by atoms with Crippen LogP contribution in [0.4, 0.5) is 0 Å². The van der Waals surface area contributed by atoms with Crippen LogP contribution in [0.25, 0.3) is 22.3 Å². The molecule has 0 saturated carbocycles. The van der Waals surface area contributed by atoms with E-state index in [1.54, 1.807) is 49.4 Å². The Kier molecular flexibility index (Phi) is 19.5. The molecule has 4 aromatic carbocycles. The number of nitrogens with two attached hydrogens (primary N) is 3.